The van der Waals surface area contributed by atoms with Gasteiger partial charge in [-0.1, -0.05) is 33.3 Å². The first-order valence-electron chi connectivity index (χ1n) is 5.84. The third-order valence-electron chi connectivity index (χ3n) is 2.18. The lowest BCUT2D eigenvalue weighted by Gasteiger charge is -2.23. The molecule has 0 saturated heterocycles. The zero-order valence-electron chi connectivity index (χ0n) is 10.3. The highest BCUT2D eigenvalue weighted by molar-refractivity contribution is 5.91. The summed E-state index contributed by atoms with van der Waals surface area (Å²) in [7, 11) is 0. The van der Waals surface area contributed by atoms with Gasteiger partial charge in [0.1, 0.15) is 0 Å². The molecule has 0 unspecified atom stereocenters. The van der Waals surface area contributed by atoms with Gasteiger partial charge in [0, 0.05) is 18.7 Å². The molecule has 3 heteroatoms. The lowest BCUT2D eigenvalue weighted by atomic mass is 10.3. The minimum Gasteiger partial charge on any atom is -0.274 e. The summed E-state index contributed by atoms with van der Waals surface area (Å²) >= 11 is 0. The molecule has 0 radical (unpaired) electrons. The van der Waals surface area contributed by atoms with Gasteiger partial charge < -0.3 is 0 Å². The Hall–Kier alpha value is -0.830. The van der Waals surface area contributed by atoms with Crippen LogP contribution in [-0.4, -0.2) is 24.0 Å². The Bertz CT molecular complexity index is 202. The van der Waals surface area contributed by atoms with Gasteiger partial charge in [0.15, 0.2) is 0 Å². The molecule has 0 spiro atoms. The molecule has 0 heterocycles. The van der Waals surface area contributed by atoms with Crippen LogP contribution < -0.4 is 5.43 Å². The van der Waals surface area contributed by atoms with Crippen molar-refractivity contribution in [2.75, 3.05) is 13.1 Å². The lowest BCUT2D eigenvalue weighted by Crippen LogP contribution is -2.44. The van der Waals surface area contributed by atoms with E-state index >= 15 is 0 Å². The summed E-state index contributed by atoms with van der Waals surface area (Å²) in [5.74, 6) is 0.0135. The van der Waals surface area contributed by atoms with Gasteiger partial charge in [-0.2, -0.15) is 0 Å². The van der Waals surface area contributed by atoms with Crippen LogP contribution in [0.15, 0.2) is 12.2 Å². The molecular formula is C12H24N2O. The first-order chi connectivity index (χ1) is 7.13. The van der Waals surface area contributed by atoms with Gasteiger partial charge in [0.2, 0.25) is 0 Å². The highest BCUT2D eigenvalue weighted by Crippen LogP contribution is 1.99. The van der Waals surface area contributed by atoms with E-state index in [1.165, 1.54) is 0 Å². The molecule has 1 N–H and O–H groups in total. The van der Waals surface area contributed by atoms with Crippen LogP contribution in [0.1, 0.15) is 46.5 Å². The first kappa shape index (κ1) is 14.2. The predicted octanol–water partition coefficient (Wildman–Crippen LogP) is 2.50. The second-order valence-electron chi connectivity index (χ2n) is 3.85. The molecule has 0 fully saturated rings. The third-order valence-corrected chi connectivity index (χ3v) is 2.18. The van der Waals surface area contributed by atoms with Crippen LogP contribution in [0.3, 0.4) is 0 Å². The summed E-state index contributed by atoms with van der Waals surface area (Å²) < 4.78 is 0. The smallest absolute Gasteiger partial charge is 0.262 e. The lowest BCUT2D eigenvalue weighted by molar-refractivity contribution is -0.130. The molecular weight excluding hydrogens is 188 g/mol. The fraction of sp³-hybridized carbons (Fsp3) is 0.750. The standard InChI is InChI=1S/C12H24N2O/c1-5-7-9-13-14(10-8-6-2)12(15)11(3)4/h13H,3,5-10H2,1-2,4H3. The molecule has 0 aromatic heterocycles. The largest absolute Gasteiger partial charge is 0.274 e. The zero-order chi connectivity index (χ0) is 11.7. The quantitative estimate of drug-likeness (QED) is 0.381. The number of rotatable bonds is 8. The summed E-state index contributed by atoms with van der Waals surface area (Å²) in [6.07, 6.45) is 4.34. The summed E-state index contributed by atoms with van der Waals surface area (Å²) in [5, 5.41) is 1.70. The first-order valence-corrected chi connectivity index (χ1v) is 5.84. The van der Waals surface area contributed by atoms with Crippen molar-refractivity contribution in [2.24, 2.45) is 0 Å². The van der Waals surface area contributed by atoms with Crippen LogP contribution in [0.4, 0.5) is 0 Å². The van der Waals surface area contributed by atoms with Crippen molar-refractivity contribution in [1.82, 2.24) is 10.4 Å². The molecule has 0 aliphatic rings. The minimum atomic E-state index is 0.0135. The maximum absolute atomic E-state index is 11.7. The van der Waals surface area contributed by atoms with E-state index in [9.17, 15) is 4.79 Å². The van der Waals surface area contributed by atoms with Crippen LogP contribution in [-0.2, 0) is 4.79 Å². The van der Waals surface area contributed by atoms with Gasteiger partial charge in [0.05, 0.1) is 0 Å². The Kier molecular flexibility index (Phi) is 8.01. The highest BCUT2D eigenvalue weighted by atomic mass is 16.2. The van der Waals surface area contributed by atoms with Gasteiger partial charge in [-0.15, -0.1) is 0 Å². The van der Waals surface area contributed by atoms with E-state index in [0.717, 1.165) is 38.8 Å². The number of nitrogens with one attached hydrogen (secondary N) is 1. The van der Waals surface area contributed by atoms with E-state index in [1.54, 1.807) is 11.9 Å². The maximum atomic E-state index is 11.7. The number of amides is 1. The average Bonchev–Trinajstić information content (AvgIpc) is 2.22. The van der Waals surface area contributed by atoms with Crippen molar-refractivity contribution in [3.63, 3.8) is 0 Å². The molecule has 0 saturated carbocycles. The van der Waals surface area contributed by atoms with E-state index in [-0.39, 0.29) is 5.91 Å². The zero-order valence-corrected chi connectivity index (χ0v) is 10.3. The van der Waals surface area contributed by atoms with E-state index in [0.29, 0.717) is 5.57 Å². The SMILES string of the molecule is C=C(C)C(=O)N(CCCC)NCCCC. The molecule has 0 aromatic carbocycles. The molecule has 15 heavy (non-hydrogen) atoms. The van der Waals surface area contributed by atoms with Crippen molar-refractivity contribution < 1.29 is 4.79 Å². The minimum absolute atomic E-state index is 0.0135. The van der Waals surface area contributed by atoms with Crippen molar-refractivity contribution in [3.8, 4) is 0 Å². The fourth-order valence-corrected chi connectivity index (χ4v) is 1.19. The van der Waals surface area contributed by atoms with Crippen LogP contribution in [0.2, 0.25) is 0 Å². The Labute approximate surface area is 93.5 Å². The van der Waals surface area contributed by atoms with Gasteiger partial charge in [-0.25, -0.2) is 5.43 Å². The molecule has 0 aromatic rings. The summed E-state index contributed by atoms with van der Waals surface area (Å²) in [6, 6.07) is 0. The van der Waals surface area contributed by atoms with Crippen molar-refractivity contribution >= 4 is 5.91 Å². The molecule has 3 nitrogen and oxygen atoms in total. The molecule has 0 aliphatic heterocycles. The van der Waals surface area contributed by atoms with Gasteiger partial charge in [0.25, 0.3) is 5.91 Å². The highest BCUT2D eigenvalue weighted by Gasteiger charge is 2.12. The van der Waals surface area contributed by atoms with Crippen molar-refractivity contribution in [2.45, 2.75) is 46.5 Å². The second-order valence-corrected chi connectivity index (χ2v) is 3.85. The van der Waals surface area contributed by atoms with Crippen LogP contribution in [0, 0.1) is 0 Å². The number of carbonyl (C=O) groups excluding carboxylic acids is 1. The Balaban J connectivity index is 4.05. The van der Waals surface area contributed by atoms with E-state index in [2.05, 4.69) is 25.9 Å². The number of hydrogen-bond acceptors (Lipinski definition) is 2. The van der Waals surface area contributed by atoms with E-state index in [1.807, 2.05) is 0 Å². The van der Waals surface area contributed by atoms with Crippen LogP contribution in [0.5, 0.6) is 0 Å². The summed E-state index contributed by atoms with van der Waals surface area (Å²) in [4.78, 5) is 11.7. The van der Waals surface area contributed by atoms with Crippen LogP contribution >= 0.6 is 0 Å². The van der Waals surface area contributed by atoms with Crippen LogP contribution in [0.25, 0.3) is 0 Å². The molecule has 1 amide bonds. The predicted molar refractivity (Wildman–Crippen MR) is 64.3 cm³/mol. The number of hydrogen-bond donors (Lipinski definition) is 1. The number of hydrazine groups is 1. The average molecular weight is 212 g/mol. The molecule has 0 atom stereocenters. The Morgan fingerprint density at radius 1 is 1.27 bits per heavy atom. The van der Waals surface area contributed by atoms with Gasteiger partial charge in [-0.3, -0.25) is 9.80 Å². The molecule has 0 rings (SSSR count). The third kappa shape index (κ3) is 6.28. The number of carbonyl (C=O) groups is 1. The normalized spacial score (nSPS) is 10.1. The monoisotopic (exact) mass is 212 g/mol. The molecule has 0 bridgehead atoms. The van der Waals surface area contributed by atoms with E-state index < -0.39 is 0 Å². The molecule has 88 valence electrons. The van der Waals surface area contributed by atoms with Gasteiger partial charge >= 0.3 is 0 Å². The Morgan fingerprint density at radius 3 is 2.33 bits per heavy atom. The summed E-state index contributed by atoms with van der Waals surface area (Å²) in [6.45, 7) is 11.3. The molecule has 0 aliphatic carbocycles. The van der Waals surface area contributed by atoms with Gasteiger partial charge in [-0.05, 0) is 19.8 Å². The van der Waals surface area contributed by atoms with Crippen molar-refractivity contribution in [3.05, 3.63) is 12.2 Å². The van der Waals surface area contributed by atoms with E-state index in [4.69, 9.17) is 0 Å². The second kappa shape index (κ2) is 8.48. The number of unbranched alkanes of at least 4 members (excludes halogenated alkanes) is 2. The summed E-state index contributed by atoms with van der Waals surface area (Å²) in [5.41, 5.74) is 3.75. The topological polar surface area (TPSA) is 32.3 Å². The maximum Gasteiger partial charge on any atom is 0.262 e. The fourth-order valence-electron chi connectivity index (χ4n) is 1.19. The van der Waals surface area contributed by atoms with Crippen molar-refractivity contribution in [1.29, 1.82) is 0 Å². The number of nitrogens with zero attached hydrogens (tertiary/aromatic N) is 1. The Morgan fingerprint density at radius 2 is 1.87 bits per heavy atom.